The van der Waals surface area contributed by atoms with Crippen LogP contribution in [0.5, 0.6) is 0 Å². The van der Waals surface area contributed by atoms with Crippen molar-refractivity contribution in [2.24, 2.45) is 7.05 Å². The maximum absolute atomic E-state index is 12.4. The molecule has 2 aromatic heterocycles. The molecule has 0 fully saturated rings. The van der Waals surface area contributed by atoms with Gasteiger partial charge in [-0.15, -0.1) is 21.5 Å². The van der Waals surface area contributed by atoms with Crippen LogP contribution in [0.4, 0.5) is 0 Å². The number of aromatic nitrogens is 3. The van der Waals surface area contributed by atoms with Crippen molar-refractivity contribution in [2.45, 2.75) is 18.1 Å². The van der Waals surface area contributed by atoms with Crippen LogP contribution in [0.1, 0.15) is 16.3 Å². The van der Waals surface area contributed by atoms with Crippen LogP contribution >= 0.6 is 34.7 Å². The molecule has 0 spiro atoms. The number of halogens is 1. The Labute approximate surface area is 166 Å². The van der Waals surface area contributed by atoms with E-state index in [0.29, 0.717) is 12.3 Å². The Hall–Kier alpha value is -1.83. The van der Waals surface area contributed by atoms with E-state index in [2.05, 4.69) is 22.3 Å². The molecule has 2 heterocycles. The molecule has 0 bridgehead atoms. The molecule has 26 heavy (non-hydrogen) atoms. The van der Waals surface area contributed by atoms with Crippen molar-refractivity contribution < 1.29 is 4.79 Å². The number of hydrogen-bond donors (Lipinski definition) is 0. The fraction of sp³-hybridized carbons (Fsp3) is 0.278. The lowest BCUT2D eigenvalue weighted by molar-refractivity contribution is -0.127. The first-order valence-corrected chi connectivity index (χ1v) is 10.2. The first-order chi connectivity index (χ1) is 12.5. The zero-order chi connectivity index (χ0) is 18.5. The molecule has 1 aromatic carbocycles. The largest absolute Gasteiger partial charge is 0.340 e. The third-order valence-corrected chi connectivity index (χ3v) is 6.12. The second kappa shape index (κ2) is 8.70. The molecule has 0 radical (unpaired) electrons. The van der Waals surface area contributed by atoms with Crippen LogP contribution in [0.15, 0.2) is 47.6 Å². The summed E-state index contributed by atoms with van der Waals surface area (Å²) in [7, 11) is 3.73. The van der Waals surface area contributed by atoms with Crippen molar-refractivity contribution in [1.29, 1.82) is 0 Å². The molecule has 0 saturated heterocycles. The standard InChI is InChI=1S/C18H19ClN4OS2/c1-22(11-14-8-9-15(19)26-14)17(24)12-25-18-21-20-16(23(18)2)10-13-6-4-3-5-7-13/h3-9H,10-12H2,1-2H3. The van der Waals surface area contributed by atoms with Crippen molar-refractivity contribution in [3.8, 4) is 0 Å². The van der Waals surface area contributed by atoms with E-state index in [9.17, 15) is 4.79 Å². The number of thioether (sulfide) groups is 1. The van der Waals surface area contributed by atoms with Crippen LogP contribution in [-0.4, -0.2) is 38.4 Å². The third-order valence-electron chi connectivity index (χ3n) is 3.90. The highest BCUT2D eigenvalue weighted by atomic mass is 35.5. The number of benzene rings is 1. The quantitative estimate of drug-likeness (QED) is 0.559. The van der Waals surface area contributed by atoms with Gasteiger partial charge in [0.15, 0.2) is 5.16 Å². The molecule has 0 N–H and O–H groups in total. The molecule has 0 unspecified atom stereocenters. The fourth-order valence-electron chi connectivity index (χ4n) is 2.40. The predicted octanol–water partition coefficient (Wildman–Crippen LogP) is 3.87. The Morgan fingerprint density at radius 2 is 2.00 bits per heavy atom. The molecule has 136 valence electrons. The van der Waals surface area contributed by atoms with Gasteiger partial charge in [0.25, 0.3) is 0 Å². The topological polar surface area (TPSA) is 51.0 Å². The van der Waals surface area contributed by atoms with Crippen molar-refractivity contribution in [3.63, 3.8) is 0 Å². The van der Waals surface area contributed by atoms with Crippen molar-refractivity contribution in [2.75, 3.05) is 12.8 Å². The summed E-state index contributed by atoms with van der Waals surface area (Å²) in [5.74, 6) is 1.26. The van der Waals surface area contributed by atoms with Gasteiger partial charge in [0.1, 0.15) is 5.82 Å². The van der Waals surface area contributed by atoms with Gasteiger partial charge in [-0.1, -0.05) is 53.7 Å². The Bertz CT molecular complexity index is 878. The third kappa shape index (κ3) is 4.87. The van der Waals surface area contributed by atoms with E-state index in [0.717, 1.165) is 26.6 Å². The van der Waals surface area contributed by atoms with E-state index in [-0.39, 0.29) is 5.91 Å². The highest BCUT2D eigenvalue weighted by molar-refractivity contribution is 7.99. The number of thiophene rings is 1. The van der Waals surface area contributed by atoms with Crippen LogP contribution in [0.25, 0.3) is 0 Å². The Morgan fingerprint density at radius 1 is 1.23 bits per heavy atom. The zero-order valence-electron chi connectivity index (χ0n) is 14.6. The number of carbonyl (C=O) groups is 1. The lowest BCUT2D eigenvalue weighted by Crippen LogP contribution is -2.27. The fourth-order valence-corrected chi connectivity index (χ4v) is 4.41. The van der Waals surface area contributed by atoms with Gasteiger partial charge in [-0.25, -0.2) is 0 Å². The summed E-state index contributed by atoms with van der Waals surface area (Å²) in [6.07, 6.45) is 0.720. The van der Waals surface area contributed by atoms with Crippen LogP contribution in [-0.2, 0) is 24.8 Å². The van der Waals surface area contributed by atoms with Gasteiger partial charge in [0.2, 0.25) is 5.91 Å². The van der Waals surface area contributed by atoms with Gasteiger partial charge in [0.05, 0.1) is 16.6 Å². The number of hydrogen-bond acceptors (Lipinski definition) is 5. The van der Waals surface area contributed by atoms with Crippen LogP contribution in [0.2, 0.25) is 4.34 Å². The van der Waals surface area contributed by atoms with Gasteiger partial charge in [-0.05, 0) is 17.7 Å². The Kier molecular flexibility index (Phi) is 6.34. The minimum Gasteiger partial charge on any atom is -0.340 e. The van der Waals surface area contributed by atoms with Crippen molar-refractivity contribution in [1.82, 2.24) is 19.7 Å². The van der Waals surface area contributed by atoms with Crippen LogP contribution < -0.4 is 0 Å². The number of carbonyl (C=O) groups excluding carboxylic acids is 1. The average molecular weight is 407 g/mol. The molecular weight excluding hydrogens is 388 g/mol. The summed E-state index contributed by atoms with van der Waals surface area (Å²) in [5, 5.41) is 9.23. The zero-order valence-corrected chi connectivity index (χ0v) is 16.9. The summed E-state index contributed by atoms with van der Waals surface area (Å²) >= 11 is 8.83. The van der Waals surface area contributed by atoms with Gasteiger partial charge < -0.3 is 9.47 Å². The number of nitrogens with zero attached hydrogens (tertiary/aromatic N) is 4. The molecule has 8 heteroatoms. The van der Waals surface area contributed by atoms with E-state index in [1.54, 1.807) is 11.9 Å². The van der Waals surface area contributed by atoms with E-state index in [1.807, 2.05) is 41.9 Å². The van der Waals surface area contributed by atoms with Gasteiger partial charge >= 0.3 is 0 Å². The normalized spacial score (nSPS) is 10.9. The molecule has 1 amide bonds. The van der Waals surface area contributed by atoms with E-state index >= 15 is 0 Å². The molecular formula is C18H19ClN4OS2. The lowest BCUT2D eigenvalue weighted by Gasteiger charge is -2.15. The van der Waals surface area contributed by atoms with Gasteiger partial charge in [-0.2, -0.15) is 0 Å². The first-order valence-electron chi connectivity index (χ1n) is 8.06. The SMILES string of the molecule is CN(Cc1ccc(Cl)s1)C(=O)CSc1nnc(Cc2ccccc2)n1C. The minimum atomic E-state index is 0.0483. The van der Waals surface area contributed by atoms with E-state index in [1.165, 1.54) is 28.7 Å². The minimum absolute atomic E-state index is 0.0483. The summed E-state index contributed by atoms with van der Waals surface area (Å²) in [4.78, 5) is 15.1. The van der Waals surface area contributed by atoms with E-state index < -0.39 is 0 Å². The molecule has 0 atom stereocenters. The summed E-state index contributed by atoms with van der Waals surface area (Å²) < 4.78 is 2.68. The van der Waals surface area contributed by atoms with E-state index in [4.69, 9.17) is 11.6 Å². The maximum Gasteiger partial charge on any atom is 0.233 e. The Balaban J connectivity index is 1.55. The summed E-state index contributed by atoms with van der Waals surface area (Å²) in [6, 6.07) is 13.9. The van der Waals surface area contributed by atoms with Crippen LogP contribution in [0.3, 0.4) is 0 Å². The smallest absolute Gasteiger partial charge is 0.233 e. The predicted molar refractivity (Wildman–Crippen MR) is 107 cm³/mol. The summed E-state index contributed by atoms with van der Waals surface area (Å²) in [5.41, 5.74) is 1.19. The van der Waals surface area contributed by atoms with Crippen LogP contribution in [0, 0.1) is 0 Å². The number of rotatable bonds is 7. The second-order valence-corrected chi connectivity index (χ2v) is 8.61. The van der Waals surface area contributed by atoms with Crippen molar-refractivity contribution >= 4 is 40.6 Å². The average Bonchev–Trinajstić information content (AvgIpc) is 3.20. The molecule has 0 aliphatic carbocycles. The van der Waals surface area contributed by atoms with Crippen molar-refractivity contribution in [3.05, 3.63) is 63.1 Å². The van der Waals surface area contributed by atoms with Gasteiger partial charge in [-0.3, -0.25) is 4.79 Å². The highest BCUT2D eigenvalue weighted by Crippen LogP contribution is 2.23. The maximum atomic E-state index is 12.4. The second-order valence-electron chi connectivity index (χ2n) is 5.86. The highest BCUT2D eigenvalue weighted by Gasteiger charge is 2.15. The molecule has 0 saturated carbocycles. The lowest BCUT2D eigenvalue weighted by atomic mass is 10.1. The number of amides is 1. The summed E-state index contributed by atoms with van der Waals surface area (Å²) in [6.45, 7) is 0.564. The molecule has 0 aliphatic rings. The molecule has 3 rings (SSSR count). The Morgan fingerprint density at radius 3 is 2.69 bits per heavy atom. The molecule has 5 nitrogen and oxygen atoms in total. The molecule has 3 aromatic rings. The monoisotopic (exact) mass is 406 g/mol. The molecule has 0 aliphatic heterocycles. The van der Waals surface area contributed by atoms with Gasteiger partial charge in [0, 0.05) is 25.4 Å². The first kappa shape index (κ1) is 18.9.